The van der Waals surface area contributed by atoms with Crippen molar-refractivity contribution in [3.8, 4) is 17.3 Å². The zero-order valence-corrected chi connectivity index (χ0v) is 13.8. The molecule has 134 valence electrons. The van der Waals surface area contributed by atoms with Crippen LogP contribution in [0.5, 0.6) is 5.75 Å². The number of pyridine rings is 1. The van der Waals surface area contributed by atoms with Gasteiger partial charge in [-0.2, -0.15) is 0 Å². The average Bonchev–Trinajstić information content (AvgIpc) is 2.63. The second-order valence-corrected chi connectivity index (χ2v) is 5.26. The molecule has 0 aliphatic heterocycles. The van der Waals surface area contributed by atoms with Gasteiger partial charge in [-0.05, 0) is 19.1 Å². The quantitative estimate of drug-likeness (QED) is 0.721. The molecule has 8 heteroatoms. The van der Waals surface area contributed by atoms with Gasteiger partial charge in [0.05, 0.1) is 12.8 Å². The second kappa shape index (κ2) is 7.81. The predicted octanol–water partition coefficient (Wildman–Crippen LogP) is 3.97. The fraction of sp³-hybridized carbons (Fsp3) is 0.167. The number of hydrogen-bond donors (Lipinski definition) is 1. The number of halogens is 3. The zero-order valence-electron chi connectivity index (χ0n) is 13.8. The highest BCUT2D eigenvalue weighted by atomic mass is 19.1. The van der Waals surface area contributed by atoms with E-state index in [0.717, 1.165) is 0 Å². The van der Waals surface area contributed by atoms with Crippen molar-refractivity contribution in [2.45, 2.75) is 13.5 Å². The molecule has 0 unspecified atom stereocenters. The van der Waals surface area contributed by atoms with Gasteiger partial charge in [0.2, 0.25) is 0 Å². The van der Waals surface area contributed by atoms with Crippen LogP contribution in [0.25, 0.3) is 11.5 Å². The summed E-state index contributed by atoms with van der Waals surface area (Å²) in [5.74, 6) is -2.02. The topological polar surface area (TPSA) is 59.9 Å². The summed E-state index contributed by atoms with van der Waals surface area (Å²) in [7, 11) is 0. The summed E-state index contributed by atoms with van der Waals surface area (Å²) in [4.78, 5) is 12.7. The van der Waals surface area contributed by atoms with Crippen molar-refractivity contribution in [1.29, 1.82) is 0 Å². The van der Waals surface area contributed by atoms with Crippen molar-refractivity contribution in [2.75, 3.05) is 11.9 Å². The SMILES string of the molecule is CCOc1cnc(-c2ccccn2)nc1NCc1c(F)cc(F)cc1F. The summed E-state index contributed by atoms with van der Waals surface area (Å²) in [6.07, 6.45) is 3.06. The van der Waals surface area contributed by atoms with Gasteiger partial charge < -0.3 is 10.1 Å². The molecule has 0 spiro atoms. The molecule has 0 bridgehead atoms. The van der Waals surface area contributed by atoms with E-state index in [0.29, 0.717) is 36.0 Å². The Morgan fingerprint density at radius 3 is 2.50 bits per heavy atom. The molecule has 0 saturated carbocycles. The number of nitrogens with one attached hydrogen (secondary N) is 1. The average molecular weight is 360 g/mol. The standard InChI is InChI=1S/C18H15F3N4O/c1-2-26-16-10-24-17(15-5-3-4-6-22-15)25-18(16)23-9-12-13(20)7-11(19)8-14(12)21/h3-8,10H,2,9H2,1H3,(H,23,24,25). The first-order chi connectivity index (χ1) is 12.6. The summed E-state index contributed by atoms with van der Waals surface area (Å²) in [5, 5.41) is 2.82. The van der Waals surface area contributed by atoms with Crippen LogP contribution in [0.4, 0.5) is 19.0 Å². The van der Waals surface area contributed by atoms with Crippen molar-refractivity contribution < 1.29 is 17.9 Å². The third kappa shape index (κ3) is 3.90. The van der Waals surface area contributed by atoms with Gasteiger partial charge in [0.1, 0.15) is 23.1 Å². The lowest BCUT2D eigenvalue weighted by molar-refractivity contribution is 0.339. The number of benzene rings is 1. The molecule has 3 aromatic rings. The molecule has 2 heterocycles. The van der Waals surface area contributed by atoms with Crippen molar-refractivity contribution in [1.82, 2.24) is 15.0 Å². The molecule has 3 rings (SSSR count). The number of anilines is 1. The first-order valence-corrected chi connectivity index (χ1v) is 7.87. The van der Waals surface area contributed by atoms with Crippen LogP contribution in [0.1, 0.15) is 12.5 Å². The summed E-state index contributed by atoms with van der Waals surface area (Å²) < 4.78 is 46.1. The number of nitrogens with zero attached hydrogens (tertiary/aromatic N) is 3. The van der Waals surface area contributed by atoms with E-state index in [1.165, 1.54) is 6.20 Å². The first kappa shape index (κ1) is 17.7. The van der Waals surface area contributed by atoms with Crippen molar-refractivity contribution >= 4 is 5.82 Å². The van der Waals surface area contributed by atoms with E-state index in [2.05, 4.69) is 20.3 Å². The molecule has 1 aromatic carbocycles. The normalized spacial score (nSPS) is 10.6. The van der Waals surface area contributed by atoms with Crippen LogP contribution in [-0.2, 0) is 6.54 Å². The van der Waals surface area contributed by atoms with E-state index in [1.54, 1.807) is 31.3 Å². The summed E-state index contributed by atoms with van der Waals surface area (Å²) in [6, 6.07) is 6.54. The Labute approximate surface area is 147 Å². The maximum absolute atomic E-state index is 13.8. The third-order valence-corrected chi connectivity index (χ3v) is 3.49. The smallest absolute Gasteiger partial charge is 0.180 e. The van der Waals surface area contributed by atoms with Gasteiger partial charge in [-0.3, -0.25) is 4.98 Å². The minimum absolute atomic E-state index is 0.239. The monoisotopic (exact) mass is 360 g/mol. The Morgan fingerprint density at radius 1 is 1.08 bits per heavy atom. The Kier molecular flexibility index (Phi) is 5.31. The predicted molar refractivity (Wildman–Crippen MR) is 90.1 cm³/mol. The van der Waals surface area contributed by atoms with Crippen LogP contribution in [0.15, 0.2) is 42.7 Å². The van der Waals surface area contributed by atoms with Crippen molar-refractivity contribution in [2.24, 2.45) is 0 Å². The molecule has 0 fully saturated rings. The van der Waals surface area contributed by atoms with Crippen molar-refractivity contribution in [3.05, 3.63) is 65.7 Å². The van der Waals surface area contributed by atoms with Gasteiger partial charge in [-0.25, -0.2) is 23.1 Å². The molecule has 0 atom stereocenters. The van der Waals surface area contributed by atoms with Gasteiger partial charge in [0.25, 0.3) is 0 Å². The highest BCUT2D eigenvalue weighted by Crippen LogP contribution is 2.25. The van der Waals surface area contributed by atoms with E-state index in [1.807, 2.05) is 0 Å². The summed E-state index contributed by atoms with van der Waals surface area (Å²) >= 11 is 0. The van der Waals surface area contributed by atoms with E-state index in [-0.39, 0.29) is 17.9 Å². The third-order valence-electron chi connectivity index (χ3n) is 3.49. The Bertz CT molecular complexity index is 883. The van der Waals surface area contributed by atoms with Gasteiger partial charge in [0, 0.05) is 30.4 Å². The second-order valence-electron chi connectivity index (χ2n) is 5.26. The van der Waals surface area contributed by atoms with E-state index in [9.17, 15) is 13.2 Å². The Hall–Kier alpha value is -3.16. The Balaban J connectivity index is 1.90. The molecule has 5 nitrogen and oxygen atoms in total. The maximum atomic E-state index is 13.8. The van der Waals surface area contributed by atoms with Gasteiger partial charge in [0.15, 0.2) is 17.4 Å². The van der Waals surface area contributed by atoms with Crippen LogP contribution in [0.3, 0.4) is 0 Å². The van der Waals surface area contributed by atoms with Crippen LogP contribution in [0.2, 0.25) is 0 Å². The fourth-order valence-corrected chi connectivity index (χ4v) is 2.29. The van der Waals surface area contributed by atoms with Crippen molar-refractivity contribution in [3.63, 3.8) is 0 Å². The molecular formula is C18H15F3N4O. The highest BCUT2D eigenvalue weighted by Gasteiger charge is 2.14. The molecule has 0 saturated heterocycles. The molecule has 0 amide bonds. The lowest BCUT2D eigenvalue weighted by Crippen LogP contribution is -2.09. The molecule has 2 aromatic heterocycles. The minimum atomic E-state index is -0.980. The van der Waals surface area contributed by atoms with Gasteiger partial charge in [-0.15, -0.1) is 0 Å². The van der Waals surface area contributed by atoms with Crippen LogP contribution < -0.4 is 10.1 Å². The molecule has 1 N–H and O–H groups in total. The largest absolute Gasteiger partial charge is 0.488 e. The number of aromatic nitrogens is 3. The molecule has 0 aliphatic carbocycles. The zero-order chi connectivity index (χ0) is 18.5. The number of hydrogen-bond acceptors (Lipinski definition) is 5. The molecular weight excluding hydrogens is 345 g/mol. The van der Waals surface area contributed by atoms with Gasteiger partial charge in [-0.1, -0.05) is 6.07 Å². The maximum Gasteiger partial charge on any atom is 0.180 e. The van der Waals surface area contributed by atoms with Gasteiger partial charge >= 0.3 is 0 Å². The highest BCUT2D eigenvalue weighted by molar-refractivity contribution is 5.57. The molecule has 0 radical (unpaired) electrons. The lowest BCUT2D eigenvalue weighted by atomic mass is 10.2. The van der Waals surface area contributed by atoms with E-state index < -0.39 is 17.5 Å². The van der Waals surface area contributed by atoms with E-state index >= 15 is 0 Å². The van der Waals surface area contributed by atoms with Crippen LogP contribution in [0, 0.1) is 17.5 Å². The summed E-state index contributed by atoms with van der Waals surface area (Å²) in [6.45, 7) is 1.91. The first-order valence-electron chi connectivity index (χ1n) is 7.87. The number of rotatable bonds is 6. The summed E-state index contributed by atoms with van der Waals surface area (Å²) in [5.41, 5.74) is 0.240. The van der Waals surface area contributed by atoms with Crippen LogP contribution in [-0.4, -0.2) is 21.6 Å². The molecule has 0 aliphatic rings. The fourth-order valence-electron chi connectivity index (χ4n) is 2.29. The van der Waals surface area contributed by atoms with Crippen LogP contribution >= 0.6 is 0 Å². The van der Waals surface area contributed by atoms with E-state index in [4.69, 9.17) is 4.74 Å². The number of ether oxygens (including phenoxy) is 1. The lowest BCUT2D eigenvalue weighted by Gasteiger charge is -2.13. The Morgan fingerprint density at radius 2 is 1.85 bits per heavy atom. The molecule has 26 heavy (non-hydrogen) atoms. The minimum Gasteiger partial charge on any atom is -0.488 e.